The van der Waals surface area contributed by atoms with Crippen LogP contribution in [0.4, 0.5) is 8.78 Å². The molecule has 18 heavy (non-hydrogen) atoms. The van der Waals surface area contributed by atoms with E-state index in [1.165, 1.54) is 0 Å². The molecule has 0 bridgehead atoms. The third-order valence-electron chi connectivity index (χ3n) is 3.04. The van der Waals surface area contributed by atoms with Gasteiger partial charge in [0.25, 0.3) is 0 Å². The largest absolute Gasteiger partial charge is 0.481 e. The number of aryl methyl sites for hydroxylation is 1. The number of aliphatic carboxylic acids is 1. The molecule has 0 saturated heterocycles. The van der Waals surface area contributed by atoms with Crippen LogP contribution in [0.25, 0.3) is 0 Å². The van der Waals surface area contributed by atoms with Crippen LogP contribution < -0.4 is 0 Å². The number of alkyl halides is 2. The predicted octanol–water partition coefficient (Wildman–Crippen LogP) is 2.38. The molecule has 1 atom stereocenters. The van der Waals surface area contributed by atoms with Crippen molar-refractivity contribution < 1.29 is 23.2 Å². The normalized spacial score (nSPS) is 22.9. The van der Waals surface area contributed by atoms with Crippen LogP contribution in [0.15, 0.2) is 4.52 Å². The summed E-state index contributed by atoms with van der Waals surface area (Å²) in [7, 11) is 0. The Morgan fingerprint density at radius 1 is 1.56 bits per heavy atom. The van der Waals surface area contributed by atoms with Crippen LogP contribution in [0.5, 0.6) is 0 Å². The highest BCUT2D eigenvalue weighted by Gasteiger charge is 2.38. The van der Waals surface area contributed by atoms with Crippen LogP contribution in [-0.2, 0) is 11.2 Å². The minimum absolute atomic E-state index is 0.0901. The third-order valence-corrected chi connectivity index (χ3v) is 3.04. The number of rotatable bonds is 4. The number of aromatic nitrogens is 2. The van der Waals surface area contributed by atoms with Gasteiger partial charge < -0.3 is 9.63 Å². The molecule has 1 aromatic rings. The Kier molecular flexibility index (Phi) is 3.58. The number of carboxylic acids is 1. The van der Waals surface area contributed by atoms with Gasteiger partial charge in [0.2, 0.25) is 11.8 Å². The molecule has 0 amide bonds. The summed E-state index contributed by atoms with van der Waals surface area (Å²) in [5, 5.41) is 12.2. The molecule has 7 heteroatoms. The van der Waals surface area contributed by atoms with Gasteiger partial charge in [0, 0.05) is 25.2 Å². The summed E-state index contributed by atoms with van der Waals surface area (Å²) in [6.07, 6.45) is 0.732. The fourth-order valence-corrected chi connectivity index (χ4v) is 2.14. The van der Waals surface area contributed by atoms with Crippen LogP contribution in [-0.4, -0.2) is 27.1 Å². The Hall–Kier alpha value is -1.53. The average molecular weight is 260 g/mol. The summed E-state index contributed by atoms with van der Waals surface area (Å²) >= 11 is 0. The van der Waals surface area contributed by atoms with E-state index in [9.17, 15) is 13.6 Å². The van der Waals surface area contributed by atoms with Crippen molar-refractivity contribution >= 4 is 5.97 Å². The molecule has 0 radical (unpaired) electrons. The average Bonchev–Trinajstić information content (AvgIpc) is 2.73. The second kappa shape index (κ2) is 4.99. The van der Waals surface area contributed by atoms with E-state index in [0.29, 0.717) is 12.8 Å². The lowest BCUT2D eigenvalue weighted by Crippen LogP contribution is -2.25. The maximum atomic E-state index is 13.2. The highest BCUT2D eigenvalue weighted by atomic mass is 19.3. The van der Waals surface area contributed by atoms with Gasteiger partial charge >= 0.3 is 5.97 Å². The summed E-state index contributed by atoms with van der Waals surface area (Å²) < 4.78 is 31.3. The first-order valence-corrected chi connectivity index (χ1v) is 5.88. The van der Waals surface area contributed by atoms with Crippen molar-refractivity contribution in [3.63, 3.8) is 0 Å². The molecule has 1 saturated carbocycles. The van der Waals surface area contributed by atoms with E-state index < -0.39 is 17.8 Å². The Balaban J connectivity index is 1.99. The molecule has 1 aliphatic carbocycles. The number of carbonyl (C=O) groups is 1. The van der Waals surface area contributed by atoms with Crippen molar-refractivity contribution in [3.8, 4) is 0 Å². The fraction of sp³-hybridized carbons (Fsp3) is 0.727. The van der Waals surface area contributed by atoms with E-state index in [1.807, 2.05) is 0 Å². The second-order valence-corrected chi connectivity index (χ2v) is 4.59. The third kappa shape index (κ3) is 3.24. The van der Waals surface area contributed by atoms with Crippen LogP contribution in [0, 0.1) is 0 Å². The van der Waals surface area contributed by atoms with E-state index in [2.05, 4.69) is 10.1 Å². The summed E-state index contributed by atoms with van der Waals surface area (Å²) in [6, 6.07) is 0. The zero-order valence-corrected chi connectivity index (χ0v) is 9.73. The topological polar surface area (TPSA) is 76.2 Å². The van der Waals surface area contributed by atoms with Gasteiger partial charge in [0.1, 0.15) is 0 Å². The minimum atomic E-state index is -2.66. The van der Waals surface area contributed by atoms with Gasteiger partial charge in [0.05, 0.1) is 6.42 Å². The van der Waals surface area contributed by atoms with Crippen molar-refractivity contribution in [2.75, 3.05) is 0 Å². The lowest BCUT2D eigenvalue weighted by molar-refractivity contribution is -0.137. The molecule has 100 valence electrons. The summed E-state index contributed by atoms with van der Waals surface area (Å²) in [4.78, 5) is 14.4. The number of hydrogen-bond acceptors (Lipinski definition) is 4. The summed E-state index contributed by atoms with van der Waals surface area (Å²) in [5.74, 6) is -3.55. The van der Waals surface area contributed by atoms with Crippen LogP contribution >= 0.6 is 0 Å². The smallest absolute Gasteiger partial charge is 0.303 e. The Labute approximate surface area is 102 Å². The lowest BCUT2D eigenvalue weighted by atomic mass is 9.86. The van der Waals surface area contributed by atoms with Crippen LogP contribution in [0.3, 0.4) is 0 Å². The number of halogens is 2. The van der Waals surface area contributed by atoms with E-state index in [-0.39, 0.29) is 37.4 Å². The van der Waals surface area contributed by atoms with Crippen molar-refractivity contribution in [1.82, 2.24) is 10.1 Å². The number of nitrogens with zero attached hydrogens (tertiary/aromatic N) is 2. The zero-order valence-electron chi connectivity index (χ0n) is 9.73. The second-order valence-electron chi connectivity index (χ2n) is 4.59. The molecule has 1 fully saturated rings. The standard InChI is InChI=1S/C11H14F2N2O3/c12-11(13)5-1-2-7(6-11)10-14-8(18-15-10)3-4-9(16)17/h7H,1-6H2,(H,16,17). The molecule has 1 aliphatic rings. The highest BCUT2D eigenvalue weighted by Crippen LogP contribution is 2.40. The molecule has 0 aliphatic heterocycles. The number of hydrogen-bond donors (Lipinski definition) is 1. The maximum absolute atomic E-state index is 13.2. The predicted molar refractivity (Wildman–Crippen MR) is 56.4 cm³/mol. The van der Waals surface area contributed by atoms with Gasteiger partial charge in [-0.3, -0.25) is 4.79 Å². The Bertz CT molecular complexity index is 434. The van der Waals surface area contributed by atoms with Crippen LogP contribution in [0.2, 0.25) is 0 Å². The zero-order chi connectivity index (χ0) is 13.2. The van der Waals surface area contributed by atoms with Gasteiger partial charge in [-0.25, -0.2) is 8.78 Å². The van der Waals surface area contributed by atoms with Crippen molar-refractivity contribution in [2.45, 2.75) is 50.4 Å². The summed E-state index contributed by atoms with van der Waals surface area (Å²) in [5.41, 5.74) is 0. The van der Waals surface area contributed by atoms with E-state index in [1.54, 1.807) is 0 Å². The van der Waals surface area contributed by atoms with Crippen molar-refractivity contribution in [2.24, 2.45) is 0 Å². The van der Waals surface area contributed by atoms with Gasteiger partial charge in [0.15, 0.2) is 5.82 Å². The van der Waals surface area contributed by atoms with E-state index in [4.69, 9.17) is 9.63 Å². The molecule has 1 heterocycles. The van der Waals surface area contributed by atoms with Gasteiger partial charge in [-0.1, -0.05) is 5.16 Å². The molecular weight excluding hydrogens is 246 g/mol. The van der Waals surface area contributed by atoms with Gasteiger partial charge in [-0.15, -0.1) is 0 Å². The van der Waals surface area contributed by atoms with Crippen LogP contribution in [0.1, 0.15) is 49.7 Å². The number of carboxylic acid groups (broad SMARTS) is 1. The first-order valence-electron chi connectivity index (χ1n) is 5.88. The van der Waals surface area contributed by atoms with Crippen molar-refractivity contribution in [3.05, 3.63) is 11.7 Å². The Morgan fingerprint density at radius 3 is 3.00 bits per heavy atom. The molecular formula is C11H14F2N2O3. The molecule has 1 unspecified atom stereocenters. The molecule has 1 N–H and O–H groups in total. The highest BCUT2D eigenvalue weighted by molar-refractivity contribution is 5.66. The molecule has 0 spiro atoms. The van der Waals surface area contributed by atoms with E-state index in [0.717, 1.165) is 0 Å². The van der Waals surface area contributed by atoms with Crippen molar-refractivity contribution in [1.29, 1.82) is 0 Å². The van der Waals surface area contributed by atoms with E-state index >= 15 is 0 Å². The van der Waals surface area contributed by atoms with Gasteiger partial charge in [-0.2, -0.15) is 4.98 Å². The first-order chi connectivity index (χ1) is 8.46. The maximum Gasteiger partial charge on any atom is 0.303 e. The monoisotopic (exact) mass is 260 g/mol. The Morgan fingerprint density at radius 2 is 2.33 bits per heavy atom. The molecule has 2 rings (SSSR count). The summed E-state index contributed by atoms with van der Waals surface area (Å²) in [6.45, 7) is 0. The lowest BCUT2D eigenvalue weighted by Gasteiger charge is -2.26. The molecule has 1 aromatic heterocycles. The minimum Gasteiger partial charge on any atom is -0.481 e. The molecule has 0 aromatic carbocycles. The first kappa shape index (κ1) is 12.9. The fourth-order valence-electron chi connectivity index (χ4n) is 2.14. The molecule has 5 nitrogen and oxygen atoms in total. The SMILES string of the molecule is O=C(O)CCc1nc(C2CCCC(F)(F)C2)no1. The van der Waals surface area contributed by atoms with Gasteiger partial charge in [-0.05, 0) is 12.8 Å². The quantitative estimate of drug-likeness (QED) is 0.899.